The number of hydrogen-bond acceptors (Lipinski definition) is 3. The van der Waals surface area contributed by atoms with Crippen LogP contribution in [-0.4, -0.2) is 21.9 Å². The predicted octanol–water partition coefficient (Wildman–Crippen LogP) is 3.02. The molecule has 1 aliphatic carbocycles. The van der Waals surface area contributed by atoms with Gasteiger partial charge in [-0.1, -0.05) is 12.8 Å². The second kappa shape index (κ2) is 6.67. The van der Waals surface area contributed by atoms with Crippen molar-refractivity contribution in [2.45, 2.75) is 51.4 Å². The summed E-state index contributed by atoms with van der Waals surface area (Å²) in [5.41, 5.74) is 5.90. The topological polar surface area (TPSA) is 83.8 Å². The van der Waals surface area contributed by atoms with Gasteiger partial charge in [-0.25, -0.2) is 4.98 Å². The third-order valence-electron chi connectivity index (χ3n) is 4.68. The number of aromatic nitrogens is 2. The van der Waals surface area contributed by atoms with E-state index in [0.29, 0.717) is 11.4 Å². The fraction of sp³-hybridized carbons (Fsp3) is 0.529. The molecule has 0 saturated heterocycles. The highest BCUT2D eigenvalue weighted by molar-refractivity contribution is 5.81. The highest BCUT2D eigenvalue weighted by atomic mass is 19.4. The van der Waals surface area contributed by atoms with Crippen LogP contribution in [-0.2, 0) is 17.5 Å². The number of H-pyrrole nitrogens is 1. The van der Waals surface area contributed by atoms with Crippen molar-refractivity contribution in [1.82, 2.24) is 15.3 Å². The van der Waals surface area contributed by atoms with Gasteiger partial charge in [0.05, 0.1) is 29.1 Å². The number of nitrogens with two attached hydrogens (primary N) is 1. The Morgan fingerprint density at radius 1 is 1.36 bits per heavy atom. The maximum atomic E-state index is 13.2. The van der Waals surface area contributed by atoms with Crippen LogP contribution in [0.1, 0.15) is 42.6 Å². The maximum Gasteiger partial charge on any atom is 0.418 e. The summed E-state index contributed by atoms with van der Waals surface area (Å²) in [4.78, 5) is 19.1. The monoisotopic (exact) mass is 354 g/mol. The summed E-state index contributed by atoms with van der Waals surface area (Å²) in [5.74, 6) is -0.116. The number of hydrogen-bond donors (Lipinski definition) is 3. The first-order chi connectivity index (χ1) is 11.8. The van der Waals surface area contributed by atoms with Crippen molar-refractivity contribution in [3.05, 3.63) is 29.1 Å². The van der Waals surface area contributed by atoms with Crippen molar-refractivity contribution in [1.29, 1.82) is 0 Å². The summed E-state index contributed by atoms with van der Waals surface area (Å²) in [6, 6.07) is 2.51. The first-order valence-electron chi connectivity index (χ1n) is 8.35. The van der Waals surface area contributed by atoms with Crippen LogP contribution < -0.4 is 11.1 Å². The zero-order valence-electron chi connectivity index (χ0n) is 13.9. The summed E-state index contributed by atoms with van der Waals surface area (Å²) < 4.78 is 39.5. The Morgan fingerprint density at radius 2 is 2.08 bits per heavy atom. The summed E-state index contributed by atoms with van der Waals surface area (Å²) in [6.07, 6.45) is -0.924. The molecule has 2 atom stereocenters. The van der Waals surface area contributed by atoms with E-state index >= 15 is 0 Å². The van der Waals surface area contributed by atoms with Gasteiger partial charge >= 0.3 is 6.18 Å². The van der Waals surface area contributed by atoms with Crippen molar-refractivity contribution in [3.8, 4) is 0 Å². The molecule has 1 aliphatic rings. The van der Waals surface area contributed by atoms with E-state index in [1.54, 1.807) is 13.0 Å². The third kappa shape index (κ3) is 3.78. The molecular weight excluding hydrogens is 333 g/mol. The molecule has 1 amide bonds. The number of halogens is 3. The summed E-state index contributed by atoms with van der Waals surface area (Å²) in [5, 5.41) is 2.74. The molecule has 0 radical (unpaired) electrons. The molecule has 0 unspecified atom stereocenters. The molecular formula is C17H21F3N4O. The fourth-order valence-corrected chi connectivity index (χ4v) is 3.40. The molecule has 8 heteroatoms. The van der Waals surface area contributed by atoms with Crippen LogP contribution >= 0.6 is 0 Å². The van der Waals surface area contributed by atoms with E-state index in [1.807, 2.05) is 0 Å². The second-order valence-electron chi connectivity index (χ2n) is 6.66. The molecule has 1 fully saturated rings. The van der Waals surface area contributed by atoms with Crippen LogP contribution in [0.4, 0.5) is 13.2 Å². The largest absolute Gasteiger partial charge is 0.418 e. The average molecular weight is 354 g/mol. The van der Waals surface area contributed by atoms with E-state index in [4.69, 9.17) is 5.73 Å². The highest BCUT2D eigenvalue weighted by Crippen LogP contribution is 2.34. The number of nitrogens with one attached hydrogen (secondary N) is 2. The molecule has 3 rings (SSSR count). The molecule has 1 aromatic heterocycles. The predicted molar refractivity (Wildman–Crippen MR) is 87.6 cm³/mol. The van der Waals surface area contributed by atoms with Crippen molar-refractivity contribution in [3.63, 3.8) is 0 Å². The van der Waals surface area contributed by atoms with E-state index in [2.05, 4.69) is 15.3 Å². The standard InChI is InChI=1S/C17H21F3N4O/c1-9-6-11(17(18,19)20)15-13(7-9)23-14(24-15)8-22-16(25)10-4-2-3-5-12(10)21/h6-7,10,12H,2-5,8,21H2,1H3,(H,22,25)(H,23,24)/t10-,12-/m0/s1. The van der Waals surface area contributed by atoms with Gasteiger partial charge < -0.3 is 16.0 Å². The van der Waals surface area contributed by atoms with Crippen LogP contribution in [0.25, 0.3) is 11.0 Å². The van der Waals surface area contributed by atoms with Crippen molar-refractivity contribution in [2.75, 3.05) is 0 Å². The Hall–Kier alpha value is -2.09. The molecule has 4 N–H and O–H groups in total. The smallest absolute Gasteiger partial charge is 0.349 e. The number of carbonyl (C=O) groups is 1. The van der Waals surface area contributed by atoms with Gasteiger partial charge in [-0.15, -0.1) is 0 Å². The fourth-order valence-electron chi connectivity index (χ4n) is 3.40. The van der Waals surface area contributed by atoms with Crippen LogP contribution in [0.2, 0.25) is 0 Å². The first kappa shape index (κ1) is 17.7. The average Bonchev–Trinajstić information content (AvgIpc) is 2.93. The molecule has 1 saturated carbocycles. The van der Waals surface area contributed by atoms with Crippen LogP contribution in [0.5, 0.6) is 0 Å². The van der Waals surface area contributed by atoms with Crippen molar-refractivity contribution in [2.24, 2.45) is 11.7 Å². The number of fused-ring (bicyclic) bond motifs is 1. The molecule has 0 spiro atoms. The number of alkyl halides is 3. The minimum absolute atomic E-state index is 0.0487. The van der Waals surface area contributed by atoms with Crippen LogP contribution in [0.3, 0.4) is 0 Å². The molecule has 1 heterocycles. The maximum absolute atomic E-state index is 13.2. The van der Waals surface area contributed by atoms with E-state index in [-0.39, 0.29) is 35.4 Å². The third-order valence-corrected chi connectivity index (χ3v) is 4.68. The lowest BCUT2D eigenvalue weighted by Gasteiger charge is -2.27. The lowest BCUT2D eigenvalue weighted by Crippen LogP contribution is -2.43. The number of aromatic amines is 1. The molecule has 136 valence electrons. The normalized spacial score (nSPS) is 21.5. The number of benzene rings is 1. The van der Waals surface area contributed by atoms with Gasteiger partial charge in [0, 0.05) is 6.04 Å². The van der Waals surface area contributed by atoms with Gasteiger partial charge in [0.2, 0.25) is 5.91 Å². The summed E-state index contributed by atoms with van der Waals surface area (Å²) >= 11 is 0. The van der Waals surface area contributed by atoms with Gasteiger partial charge in [-0.05, 0) is 37.5 Å². The van der Waals surface area contributed by atoms with Gasteiger partial charge in [0.1, 0.15) is 5.82 Å². The lowest BCUT2D eigenvalue weighted by atomic mass is 9.84. The quantitative estimate of drug-likeness (QED) is 0.792. The number of nitrogens with zero attached hydrogens (tertiary/aromatic N) is 1. The Kier molecular flexibility index (Phi) is 4.73. The number of amides is 1. The Morgan fingerprint density at radius 3 is 2.76 bits per heavy atom. The minimum atomic E-state index is -4.47. The summed E-state index contributed by atoms with van der Waals surface area (Å²) in [6.45, 7) is 1.64. The Balaban J connectivity index is 1.77. The molecule has 0 bridgehead atoms. The number of carbonyl (C=O) groups excluding carboxylic acids is 1. The molecule has 1 aromatic carbocycles. The van der Waals surface area contributed by atoms with E-state index in [1.165, 1.54) is 0 Å². The van der Waals surface area contributed by atoms with E-state index in [9.17, 15) is 18.0 Å². The van der Waals surface area contributed by atoms with Crippen molar-refractivity contribution >= 4 is 16.9 Å². The molecule has 2 aromatic rings. The second-order valence-corrected chi connectivity index (χ2v) is 6.66. The summed E-state index contributed by atoms with van der Waals surface area (Å²) in [7, 11) is 0. The number of aryl methyl sites for hydroxylation is 1. The molecule has 25 heavy (non-hydrogen) atoms. The molecule has 0 aliphatic heterocycles. The van der Waals surface area contributed by atoms with Gasteiger partial charge in [-0.3, -0.25) is 4.79 Å². The van der Waals surface area contributed by atoms with E-state index in [0.717, 1.165) is 31.7 Å². The van der Waals surface area contributed by atoms with Crippen LogP contribution in [0, 0.1) is 12.8 Å². The van der Waals surface area contributed by atoms with Gasteiger partial charge in [-0.2, -0.15) is 13.2 Å². The number of imidazole rings is 1. The zero-order chi connectivity index (χ0) is 18.2. The Labute approximate surface area is 143 Å². The first-order valence-corrected chi connectivity index (χ1v) is 8.35. The lowest BCUT2D eigenvalue weighted by molar-refractivity contribution is -0.136. The minimum Gasteiger partial charge on any atom is -0.349 e. The highest BCUT2D eigenvalue weighted by Gasteiger charge is 2.34. The van der Waals surface area contributed by atoms with Crippen LogP contribution in [0.15, 0.2) is 12.1 Å². The SMILES string of the molecule is Cc1cc(C(F)(F)F)c2[nH]c(CNC(=O)[C@H]3CCCC[C@@H]3N)nc2c1. The van der Waals surface area contributed by atoms with Gasteiger partial charge in [0.15, 0.2) is 0 Å². The number of rotatable bonds is 3. The van der Waals surface area contributed by atoms with E-state index < -0.39 is 11.7 Å². The van der Waals surface area contributed by atoms with Gasteiger partial charge in [0.25, 0.3) is 0 Å². The Bertz CT molecular complexity index is 784. The van der Waals surface area contributed by atoms with Crippen molar-refractivity contribution < 1.29 is 18.0 Å². The molecule has 5 nitrogen and oxygen atoms in total. The zero-order valence-corrected chi connectivity index (χ0v) is 13.9.